The third-order valence-corrected chi connectivity index (χ3v) is 6.56. The molecule has 0 unspecified atom stereocenters. The van der Waals surface area contributed by atoms with E-state index in [0.717, 1.165) is 37.1 Å². The van der Waals surface area contributed by atoms with Gasteiger partial charge < -0.3 is 15.5 Å². The molecule has 1 saturated heterocycles. The summed E-state index contributed by atoms with van der Waals surface area (Å²) in [6.07, 6.45) is 3.32. The quantitative estimate of drug-likeness (QED) is 0.410. The molecule has 3 amide bonds. The van der Waals surface area contributed by atoms with Crippen LogP contribution in [0.2, 0.25) is 5.02 Å². The molecule has 1 aromatic heterocycles. The van der Waals surface area contributed by atoms with Gasteiger partial charge in [0.1, 0.15) is 0 Å². The number of aromatic nitrogens is 1. The number of hydrogen-bond donors (Lipinski definition) is 2. The highest BCUT2D eigenvalue weighted by atomic mass is 35.5. The Kier molecular flexibility index (Phi) is 8.37. The normalized spacial score (nSPS) is 13.9. The minimum absolute atomic E-state index is 0.0818. The van der Waals surface area contributed by atoms with E-state index < -0.39 is 0 Å². The summed E-state index contributed by atoms with van der Waals surface area (Å²) in [4.78, 5) is 32.2. The molecule has 182 valence electrons. The molecule has 1 fully saturated rings. The van der Waals surface area contributed by atoms with Crippen molar-refractivity contribution in [1.29, 1.82) is 0 Å². The number of carbonyl (C=O) groups excluding carboxylic acids is 2. The monoisotopic (exact) mass is 490 g/mol. The first-order chi connectivity index (χ1) is 17.0. The van der Waals surface area contributed by atoms with Crippen LogP contribution in [0.25, 0.3) is 0 Å². The molecular formula is C28H31ClN4O2. The molecular weight excluding hydrogens is 460 g/mol. The number of carbonyl (C=O) groups is 2. The predicted molar refractivity (Wildman–Crippen MR) is 140 cm³/mol. The van der Waals surface area contributed by atoms with Gasteiger partial charge in [0.15, 0.2) is 0 Å². The lowest BCUT2D eigenvalue weighted by atomic mass is 9.90. The predicted octanol–water partition coefficient (Wildman–Crippen LogP) is 5.82. The van der Waals surface area contributed by atoms with Gasteiger partial charge in [-0.15, -0.1) is 0 Å². The fourth-order valence-corrected chi connectivity index (χ4v) is 4.63. The number of rotatable bonds is 7. The van der Waals surface area contributed by atoms with E-state index in [-0.39, 0.29) is 17.9 Å². The molecule has 1 aliphatic heterocycles. The molecule has 0 spiro atoms. The number of likely N-dealkylation sites (tertiary alicyclic amines) is 1. The standard InChI is InChI=1S/C28H31ClN4O2/c1-20-12-13-25(27(34)30-16-6-9-21-7-3-2-4-8-21)26(31-20)22-14-17-33(18-15-22)28(35)32-24-11-5-10-23(29)19-24/h2-5,7-8,10-13,19,22H,6,9,14-18H2,1H3,(H,30,34)(H,32,35). The summed E-state index contributed by atoms with van der Waals surface area (Å²) in [6, 6.07) is 21.0. The van der Waals surface area contributed by atoms with E-state index in [0.29, 0.717) is 35.9 Å². The summed E-state index contributed by atoms with van der Waals surface area (Å²) in [6.45, 7) is 3.76. The van der Waals surface area contributed by atoms with Crippen LogP contribution < -0.4 is 10.6 Å². The van der Waals surface area contributed by atoms with Gasteiger partial charge >= 0.3 is 6.03 Å². The summed E-state index contributed by atoms with van der Waals surface area (Å²) in [5.41, 5.74) is 4.31. The molecule has 4 rings (SSSR count). The highest BCUT2D eigenvalue weighted by molar-refractivity contribution is 6.30. The summed E-state index contributed by atoms with van der Waals surface area (Å²) in [7, 11) is 0. The Labute approximate surface area is 211 Å². The number of pyridine rings is 1. The molecule has 0 aliphatic carbocycles. The molecule has 7 heteroatoms. The number of nitrogens with one attached hydrogen (secondary N) is 2. The molecule has 6 nitrogen and oxygen atoms in total. The molecule has 0 saturated carbocycles. The molecule has 35 heavy (non-hydrogen) atoms. The Morgan fingerprint density at radius 1 is 1.03 bits per heavy atom. The van der Waals surface area contributed by atoms with Gasteiger partial charge in [-0.05, 0) is 68.5 Å². The Balaban J connectivity index is 1.33. The number of nitrogens with zero attached hydrogens (tertiary/aromatic N) is 2. The van der Waals surface area contributed by atoms with Gasteiger partial charge in [0.05, 0.1) is 11.3 Å². The van der Waals surface area contributed by atoms with E-state index in [1.54, 1.807) is 17.0 Å². The molecule has 0 bridgehead atoms. The van der Waals surface area contributed by atoms with Crippen molar-refractivity contribution in [3.05, 3.63) is 94.3 Å². The van der Waals surface area contributed by atoms with Crippen molar-refractivity contribution >= 4 is 29.2 Å². The molecule has 2 aromatic carbocycles. The number of hydrogen-bond acceptors (Lipinski definition) is 3. The molecule has 1 aliphatic rings. The summed E-state index contributed by atoms with van der Waals surface area (Å²) < 4.78 is 0. The Bertz CT molecular complexity index is 1160. The van der Waals surface area contributed by atoms with Crippen molar-refractivity contribution in [3.63, 3.8) is 0 Å². The van der Waals surface area contributed by atoms with E-state index in [1.807, 2.05) is 49.4 Å². The molecule has 2 N–H and O–H groups in total. The Morgan fingerprint density at radius 3 is 2.54 bits per heavy atom. The van der Waals surface area contributed by atoms with E-state index >= 15 is 0 Å². The molecule has 2 heterocycles. The second-order valence-electron chi connectivity index (χ2n) is 8.93. The van der Waals surface area contributed by atoms with E-state index in [9.17, 15) is 9.59 Å². The fraction of sp³-hybridized carbons (Fsp3) is 0.321. The molecule has 3 aromatic rings. The van der Waals surface area contributed by atoms with Crippen LogP contribution in [-0.4, -0.2) is 41.5 Å². The van der Waals surface area contributed by atoms with Crippen molar-refractivity contribution in [2.75, 3.05) is 25.0 Å². The van der Waals surface area contributed by atoms with Crippen molar-refractivity contribution < 1.29 is 9.59 Å². The van der Waals surface area contributed by atoms with Crippen LogP contribution in [0.4, 0.5) is 10.5 Å². The zero-order valence-electron chi connectivity index (χ0n) is 20.0. The van der Waals surface area contributed by atoms with Gasteiger partial charge in [0.25, 0.3) is 5.91 Å². The zero-order valence-corrected chi connectivity index (χ0v) is 20.7. The maximum Gasteiger partial charge on any atom is 0.321 e. The largest absolute Gasteiger partial charge is 0.352 e. The van der Waals surface area contributed by atoms with Crippen molar-refractivity contribution in [1.82, 2.24) is 15.2 Å². The van der Waals surface area contributed by atoms with E-state index in [2.05, 4.69) is 22.8 Å². The molecule has 0 radical (unpaired) electrons. The second kappa shape index (κ2) is 11.8. The number of halogens is 1. The highest BCUT2D eigenvalue weighted by Crippen LogP contribution is 2.30. The minimum atomic E-state index is -0.140. The number of aryl methyl sites for hydroxylation is 2. The van der Waals surface area contributed by atoms with Crippen LogP contribution in [0.3, 0.4) is 0 Å². The topological polar surface area (TPSA) is 74.3 Å². The second-order valence-corrected chi connectivity index (χ2v) is 9.37. The van der Waals surface area contributed by atoms with Gasteiger partial charge in [-0.3, -0.25) is 9.78 Å². The van der Waals surface area contributed by atoms with Crippen LogP contribution in [0, 0.1) is 6.92 Å². The van der Waals surface area contributed by atoms with Gasteiger partial charge in [0.2, 0.25) is 0 Å². The van der Waals surface area contributed by atoms with Crippen LogP contribution in [0.1, 0.15) is 52.5 Å². The maximum atomic E-state index is 13.0. The van der Waals surface area contributed by atoms with Crippen molar-refractivity contribution in [2.24, 2.45) is 0 Å². The summed E-state index contributed by atoms with van der Waals surface area (Å²) in [5.74, 6) is 0.0527. The zero-order chi connectivity index (χ0) is 24.6. The first kappa shape index (κ1) is 24.7. The number of urea groups is 1. The average Bonchev–Trinajstić information content (AvgIpc) is 2.87. The van der Waals surface area contributed by atoms with Crippen molar-refractivity contribution in [2.45, 2.75) is 38.5 Å². The number of benzene rings is 2. The maximum absolute atomic E-state index is 13.0. The number of piperidine rings is 1. The average molecular weight is 491 g/mol. The number of amides is 3. The third kappa shape index (κ3) is 6.83. The van der Waals surface area contributed by atoms with Crippen LogP contribution >= 0.6 is 11.6 Å². The lowest BCUT2D eigenvalue weighted by Gasteiger charge is -2.32. The van der Waals surface area contributed by atoms with Gasteiger partial charge in [0, 0.05) is 42.0 Å². The Morgan fingerprint density at radius 2 is 1.80 bits per heavy atom. The van der Waals surface area contributed by atoms with E-state index in [1.165, 1.54) is 5.56 Å². The smallest absolute Gasteiger partial charge is 0.321 e. The first-order valence-electron chi connectivity index (χ1n) is 12.1. The van der Waals surface area contributed by atoms with Crippen LogP contribution in [-0.2, 0) is 6.42 Å². The van der Waals surface area contributed by atoms with Crippen LogP contribution in [0.15, 0.2) is 66.7 Å². The summed E-state index contributed by atoms with van der Waals surface area (Å²) >= 11 is 6.02. The lowest BCUT2D eigenvalue weighted by molar-refractivity contribution is 0.0950. The van der Waals surface area contributed by atoms with E-state index in [4.69, 9.17) is 16.6 Å². The Hall–Kier alpha value is -3.38. The van der Waals surface area contributed by atoms with Gasteiger partial charge in [-0.2, -0.15) is 0 Å². The minimum Gasteiger partial charge on any atom is -0.352 e. The van der Waals surface area contributed by atoms with Crippen LogP contribution in [0.5, 0.6) is 0 Å². The number of anilines is 1. The van der Waals surface area contributed by atoms with Gasteiger partial charge in [-0.25, -0.2) is 4.79 Å². The lowest BCUT2D eigenvalue weighted by Crippen LogP contribution is -2.41. The first-order valence-corrected chi connectivity index (χ1v) is 12.5. The van der Waals surface area contributed by atoms with Crippen molar-refractivity contribution in [3.8, 4) is 0 Å². The fourth-order valence-electron chi connectivity index (χ4n) is 4.44. The van der Waals surface area contributed by atoms with Gasteiger partial charge in [-0.1, -0.05) is 48.0 Å². The molecule has 0 atom stereocenters. The SMILES string of the molecule is Cc1ccc(C(=O)NCCCc2ccccc2)c(C2CCN(C(=O)Nc3cccc(Cl)c3)CC2)n1. The summed E-state index contributed by atoms with van der Waals surface area (Å²) in [5, 5.41) is 6.55. The third-order valence-electron chi connectivity index (χ3n) is 6.32. The highest BCUT2D eigenvalue weighted by Gasteiger charge is 2.28.